The monoisotopic (exact) mass is 398 g/mol. The molecule has 28 heavy (non-hydrogen) atoms. The molecule has 2 aromatic carbocycles. The molecule has 6 nitrogen and oxygen atoms in total. The summed E-state index contributed by atoms with van der Waals surface area (Å²) in [7, 11) is 0. The van der Waals surface area contributed by atoms with Gasteiger partial charge in [-0.3, -0.25) is 4.90 Å². The molecule has 0 amide bonds. The van der Waals surface area contributed by atoms with Gasteiger partial charge in [0.05, 0.1) is 6.54 Å². The number of benzene rings is 2. The van der Waals surface area contributed by atoms with E-state index in [1.807, 2.05) is 18.2 Å². The van der Waals surface area contributed by atoms with Gasteiger partial charge in [0, 0.05) is 31.1 Å². The normalized spacial score (nSPS) is 15.2. The molecule has 0 saturated heterocycles. The third kappa shape index (κ3) is 4.70. The molecule has 1 aliphatic heterocycles. The van der Waals surface area contributed by atoms with Crippen molar-refractivity contribution in [1.82, 2.24) is 19.7 Å². The summed E-state index contributed by atoms with van der Waals surface area (Å²) < 4.78 is 7.83. The van der Waals surface area contributed by atoms with E-state index in [1.54, 1.807) is 24.3 Å². The van der Waals surface area contributed by atoms with Crippen molar-refractivity contribution in [2.75, 3.05) is 19.7 Å². The molecule has 146 valence electrons. The van der Waals surface area contributed by atoms with Crippen LogP contribution in [0.25, 0.3) is 0 Å². The van der Waals surface area contributed by atoms with Crippen molar-refractivity contribution in [2.45, 2.75) is 25.6 Å². The number of halogens is 1. The Hall–Kier alpha value is -2.41. The molecule has 1 atom stereocenters. The summed E-state index contributed by atoms with van der Waals surface area (Å²) in [5.74, 6) is 2.64. The predicted molar refractivity (Wildman–Crippen MR) is 108 cm³/mol. The molecule has 1 aromatic heterocycles. The minimum Gasteiger partial charge on any atom is -0.491 e. The third-order valence-corrected chi connectivity index (χ3v) is 5.09. The SMILES string of the molecule is O[C@@H](COc1ccc(Cl)cc1)CN1CCn2c(Cc3ccccc3)nnc2C1. The highest BCUT2D eigenvalue weighted by molar-refractivity contribution is 6.30. The first kappa shape index (κ1) is 18.9. The fourth-order valence-electron chi connectivity index (χ4n) is 3.41. The average Bonchev–Trinajstić information content (AvgIpc) is 3.10. The molecule has 3 aromatic rings. The number of ether oxygens (including phenoxy) is 1. The van der Waals surface area contributed by atoms with Crippen LogP contribution in [0.15, 0.2) is 54.6 Å². The Morgan fingerprint density at radius 1 is 1.04 bits per heavy atom. The van der Waals surface area contributed by atoms with Crippen LogP contribution in [0.5, 0.6) is 5.75 Å². The van der Waals surface area contributed by atoms with Crippen molar-refractivity contribution < 1.29 is 9.84 Å². The fourth-order valence-corrected chi connectivity index (χ4v) is 3.53. The second-order valence-corrected chi connectivity index (χ2v) is 7.44. The second-order valence-electron chi connectivity index (χ2n) is 7.00. The molecule has 0 radical (unpaired) electrons. The number of hydrogen-bond donors (Lipinski definition) is 1. The highest BCUT2D eigenvalue weighted by Gasteiger charge is 2.23. The summed E-state index contributed by atoms with van der Waals surface area (Å²) in [6.07, 6.45) is 0.208. The smallest absolute Gasteiger partial charge is 0.147 e. The van der Waals surface area contributed by atoms with Crippen LogP contribution in [0.3, 0.4) is 0 Å². The standard InChI is InChI=1S/C21H23ClN4O2/c22-17-6-8-19(9-7-17)28-15-18(27)13-25-10-11-26-20(23-24-21(26)14-25)12-16-4-2-1-3-5-16/h1-9,18,27H,10-15H2/t18-/m1/s1. The molecular weight excluding hydrogens is 376 g/mol. The largest absolute Gasteiger partial charge is 0.491 e. The van der Waals surface area contributed by atoms with Gasteiger partial charge in [-0.05, 0) is 29.8 Å². The second kappa shape index (κ2) is 8.73. The molecule has 0 spiro atoms. The molecule has 0 bridgehead atoms. The van der Waals surface area contributed by atoms with Crippen molar-refractivity contribution in [3.63, 3.8) is 0 Å². The van der Waals surface area contributed by atoms with Gasteiger partial charge in [0.1, 0.15) is 30.1 Å². The average molecular weight is 399 g/mol. The maximum Gasteiger partial charge on any atom is 0.147 e. The van der Waals surface area contributed by atoms with E-state index in [0.717, 1.165) is 31.2 Å². The van der Waals surface area contributed by atoms with Crippen LogP contribution in [-0.4, -0.2) is 50.6 Å². The predicted octanol–water partition coefficient (Wildman–Crippen LogP) is 2.78. The Labute approximate surface area is 169 Å². The minimum atomic E-state index is -0.575. The Morgan fingerprint density at radius 2 is 1.82 bits per heavy atom. The summed E-state index contributed by atoms with van der Waals surface area (Å²) >= 11 is 5.87. The number of aliphatic hydroxyl groups excluding tert-OH is 1. The maximum absolute atomic E-state index is 10.3. The lowest BCUT2D eigenvalue weighted by atomic mass is 10.1. The summed E-state index contributed by atoms with van der Waals surface area (Å²) in [5.41, 5.74) is 1.23. The van der Waals surface area contributed by atoms with Gasteiger partial charge >= 0.3 is 0 Å². The number of fused-ring (bicyclic) bond motifs is 1. The van der Waals surface area contributed by atoms with Crippen LogP contribution in [0.2, 0.25) is 5.02 Å². The summed E-state index contributed by atoms with van der Waals surface area (Å²) in [6, 6.07) is 17.4. The van der Waals surface area contributed by atoms with Gasteiger partial charge in [-0.25, -0.2) is 0 Å². The van der Waals surface area contributed by atoms with Crippen LogP contribution < -0.4 is 4.74 Å². The zero-order valence-electron chi connectivity index (χ0n) is 15.5. The van der Waals surface area contributed by atoms with E-state index in [-0.39, 0.29) is 6.61 Å². The number of nitrogens with zero attached hydrogens (tertiary/aromatic N) is 4. The molecule has 1 N–H and O–H groups in total. The van der Waals surface area contributed by atoms with Gasteiger partial charge in [-0.1, -0.05) is 41.9 Å². The number of aliphatic hydroxyl groups is 1. The van der Waals surface area contributed by atoms with Crippen LogP contribution in [0, 0.1) is 0 Å². The van der Waals surface area contributed by atoms with Gasteiger partial charge in [-0.15, -0.1) is 10.2 Å². The summed E-state index contributed by atoms with van der Waals surface area (Å²) in [5, 5.41) is 19.7. The van der Waals surface area contributed by atoms with Crippen LogP contribution in [0.4, 0.5) is 0 Å². The van der Waals surface area contributed by atoms with Crippen molar-refractivity contribution in [2.24, 2.45) is 0 Å². The van der Waals surface area contributed by atoms with E-state index in [1.165, 1.54) is 5.56 Å². The lowest BCUT2D eigenvalue weighted by Crippen LogP contribution is -2.40. The van der Waals surface area contributed by atoms with Gasteiger partial charge in [0.25, 0.3) is 0 Å². The third-order valence-electron chi connectivity index (χ3n) is 4.84. The van der Waals surface area contributed by atoms with Crippen molar-refractivity contribution in [3.8, 4) is 5.75 Å². The van der Waals surface area contributed by atoms with Crippen molar-refractivity contribution in [3.05, 3.63) is 76.8 Å². The van der Waals surface area contributed by atoms with Crippen LogP contribution in [-0.2, 0) is 19.5 Å². The topological polar surface area (TPSA) is 63.4 Å². The highest BCUT2D eigenvalue weighted by Crippen LogP contribution is 2.17. The maximum atomic E-state index is 10.3. The quantitative estimate of drug-likeness (QED) is 0.663. The van der Waals surface area contributed by atoms with Crippen LogP contribution >= 0.6 is 11.6 Å². The Bertz CT molecular complexity index is 899. The molecule has 0 unspecified atom stereocenters. The fraction of sp³-hybridized carbons (Fsp3) is 0.333. The van der Waals surface area contributed by atoms with Crippen molar-refractivity contribution in [1.29, 1.82) is 0 Å². The molecule has 0 saturated carbocycles. The molecule has 7 heteroatoms. The zero-order chi connectivity index (χ0) is 19.3. The number of rotatable bonds is 7. The first-order chi connectivity index (χ1) is 13.7. The highest BCUT2D eigenvalue weighted by atomic mass is 35.5. The number of aromatic nitrogens is 3. The van der Waals surface area contributed by atoms with E-state index in [0.29, 0.717) is 23.9 Å². The van der Waals surface area contributed by atoms with E-state index in [2.05, 4.69) is 31.8 Å². The lowest BCUT2D eigenvalue weighted by Gasteiger charge is -2.29. The minimum absolute atomic E-state index is 0.240. The Morgan fingerprint density at radius 3 is 2.61 bits per heavy atom. The Balaban J connectivity index is 1.30. The molecular formula is C21H23ClN4O2. The molecule has 0 fully saturated rings. The van der Waals surface area contributed by atoms with Crippen molar-refractivity contribution >= 4 is 11.6 Å². The first-order valence-corrected chi connectivity index (χ1v) is 9.79. The lowest BCUT2D eigenvalue weighted by molar-refractivity contribution is 0.0581. The summed E-state index contributed by atoms with van der Waals surface area (Å²) in [6.45, 7) is 3.14. The molecule has 2 heterocycles. The number of hydrogen-bond acceptors (Lipinski definition) is 5. The van der Waals surface area contributed by atoms with E-state index in [4.69, 9.17) is 16.3 Å². The van der Waals surface area contributed by atoms with Gasteiger partial charge < -0.3 is 14.4 Å². The summed E-state index contributed by atoms with van der Waals surface area (Å²) in [4.78, 5) is 2.19. The van der Waals surface area contributed by atoms with Gasteiger partial charge in [0.2, 0.25) is 0 Å². The zero-order valence-corrected chi connectivity index (χ0v) is 16.3. The number of β-amino-alcohol motifs (C(OH)–C–C–N with tert-alkyl or cyclic N) is 1. The van der Waals surface area contributed by atoms with Gasteiger partial charge in [0.15, 0.2) is 0 Å². The van der Waals surface area contributed by atoms with Gasteiger partial charge in [-0.2, -0.15) is 0 Å². The van der Waals surface area contributed by atoms with E-state index in [9.17, 15) is 5.11 Å². The molecule has 0 aliphatic carbocycles. The van der Waals surface area contributed by atoms with Crippen LogP contribution in [0.1, 0.15) is 17.2 Å². The Kier molecular flexibility index (Phi) is 5.90. The van der Waals surface area contributed by atoms with E-state index >= 15 is 0 Å². The molecule has 1 aliphatic rings. The molecule has 4 rings (SSSR count). The van der Waals surface area contributed by atoms with E-state index < -0.39 is 6.10 Å². The first-order valence-electron chi connectivity index (χ1n) is 9.41.